The smallest absolute Gasteiger partial charge is 0.322 e. The summed E-state index contributed by atoms with van der Waals surface area (Å²) < 4.78 is 0. The van der Waals surface area contributed by atoms with Crippen molar-refractivity contribution in [1.82, 2.24) is 10.6 Å². The molecule has 4 heteroatoms. The highest BCUT2D eigenvalue weighted by molar-refractivity contribution is 6.04. The molecule has 1 aliphatic heterocycles. The number of imide groups is 1. The molecule has 0 bridgehead atoms. The van der Waals surface area contributed by atoms with Gasteiger partial charge < -0.3 is 5.32 Å². The zero-order valence-corrected chi connectivity index (χ0v) is 10.4. The van der Waals surface area contributed by atoms with Gasteiger partial charge in [0, 0.05) is 6.42 Å². The minimum Gasteiger partial charge on any atom is -0.326 e. The van der Waals surface area contributed by atoms with E-state index in [1.807, 2.05) is 45.0 Å². The number of urea groups is 1. The highest BCUT2D eigenvalue weighted by Gasteiger charge is 2.29. The molecular formula is C13H18N2O2. The van der Waals surface area contributed by atoms with Crippen LogP contribution in [0, 0.1) is 6.92 Å². The van der Waals surface area contributed by atoms with Crippen LogP contribution in [-0.4, -0.2) is 18.0 Å². The average molecular weight is 234 g/mol. The third kappa shape index (κ3) is 3.31. The van der Waals surface area contributed by atoms with Crippen molar-refractivity contribution in [3.05, 3.63) is 35.4 Å². The highest BCUT2D eigenvalue weighted by Crippen LogP contribution is 2.11. The molecule has 1 heterocycles. The monoisotopic (exact) mass is 234 g/mol. The first-order valence-corrected chi connectivity index (χ1v) is 5.82. The number of amides is 3. The van der Waals surface area contributed by atoms with E-state index in [2.05, 4.69) is 10.6 Å². The lowest BCUT2D eigenvalue weighted by molar-refractivity contribution is -0.120. The fourth-order valence-corrected chi connectivity index (χ4v) is 1.66. The summed E-state index contributed by atoms with van der Waals surface area (Å²) in [6.45, 7) is 5.99. The topological polar surface area (TPSA) is 58.2 Å². The summed E-state index contributed by atoms with van der Waals surface area (Å²) in [5, 5.41) is 4.80. The van der Waals surface area contributed by atoms with Gasteiger partial charge in [-0.15, -0.1) is 0 Å². The largest absolute Gasteiger partial charge is 0.326 e. The Hall–Kier alpha value is -1.84. The van der Waals surface area contributed by atoms with Crippen molar-refractivity contribution >= 4 is 11.9 Å². The second kappa shape index (κ2) is 6.03. The van der Waals surface area contributed by atoms with E-state index in [1.165, 1.54) is 0 Å². The molecule has 0 spiro atoms. The number of hydrogen-bond acceptors (Lipinski definition) is 2. The van der Waals surface area contributed by atoms with Gasteiger partial charge in [-0.3, -0.25) is 10.1 Å². The third-order valence-electron chi connectivity index (χ3n) is 2.54. The number of carbonyl (C=O) groups is 2. The lowest BCUT2D eigenvalue weighted by Crippen LogP contribution is -2.31. The van der Waals surface area contributed by atoms with Crippen molar-refractivity contribution < 1.29 is 9.59 Å². The summed E-state index contributed by atoms with van der Waals surface area (Å²) in [6, 6.07) is 7.00. The van der Waals surface area contributed by atoms with Gasteiger partial charge in [0.15, 0.2) is 0 Å². The molecular weight excluding hydrogens is 216 g/mol. The number of benzene rings is 1. The molecule has 1 unspecified atom stereocenters. The summed E-state index contributed by atoms with van der Waals surface area (Å²) in [4.78, 5) is 22.2. The van der Waals surface area contributed by atoms with Gasteiger partial charge in [-0.05, 0) is 18.1 Å². The second-order valence-electron chi connectivity index (χ2n) is 3.65. The number of nitrogens with one attached hydrogen (secondary N) is 2. The van der Waals surface area contributed by atoms with Gasteiger partial charge in [-0.2, -0.15) is 0 Å². The van der Waals surface area contributed by atoms with Gasteiger partial charge in [0.05, 0.1) is 0 Å². The van der Waals surface area contributed by atoms with Crippen LogP contribution in [0.5, 0.6) is 0 Å². The normalized spacial score (nSPS) is 17.9. The van der Waals surface area contributed by atoms with Crippen molar-refractivity contribution in [3.63, 3.8) is 0 Å². The first-order valence-electron chi connectivity index (χ1n) is 5.82. The molecule has 2 N–H and O–H groups in total. The van der Waals surface area contributed by atoms with Gasteiger partial charge in [0.2, 0.25) is 0 Å². The molecule has 3 amide bonds. The van der Waals surface area contributed by atoms with Crippen LogP contribution in [0.1, 0.15) is 25.0 Å². The van der Waals surface area contributed by atoms with Gasteiger partial charge in [-0.25, -0.2) is 4.79 Å². The highest BCUT2D eigenvalue weighted by atomic mass is 16.2. The maximum Gasteiger partial charge on any atom is 0.322 e. The Morgan fingerprint density at radius 1 is 1.18 bits per heavy atom. The zero-order chi connectivity index (χ0) is 12.8. The Morgan fingerprint density at radius 3 is 2.35 bits per heavy atom. The van der Waals surface area contributed by atoms with E-state index in [9.17, 15) is 9.59 Å². The Kier molecular flexibility index (Phi) is 4.69. The summed E-state index contributed by atoms with van der Waals surface area (Å²) in [7, 11) is 0. The SMILES string of the molecule is CC.Cc1ccccc1CC1NC(=O)NC1=O. The fourth-order valence-electron chi connectivity index (χ4n) is 1.66. The van der Waals surface area contributed by atoms with E-state index in [0.717, 1.165) is 11.1 Å². The predicted octanol–water partition coefficient (Wildman–Crippen LogP) is 1.77. The molecule has 1 saturated heterocycles. The molecule has 1 aromatic rings. The molecule has 1 atom stereocenters. The molecule has 4 nitrogen and oxygen atoms in total. The lowest BCUT2D eigenvalue weighted by atomic mass is 10.0. The minimum atomic E-state index is -0.432. The van der Waals surface area contributed by atoms with Gasteiger partial charge in [0.1, 0.15) is 6.04 Å². The van der Waals surface area contributed by atoms with Crippen LogP contribution in [0.25, 0.3) is 0 Å². The summed E-state index contributed by atoms with van der Waals surface area (Å²) >= 11 is 0. The van der Waals surface area contributed by atoms with Crippen molar-refractivity contribution in [2.75, 3.05) is 0 Å². The molecule has 17 heavy (non-hydrogen) atoms. The number of aryl methyl sites for hydroxylation is 1. The maximum absolute atomic E-state index is 11.3. The third-order valence-corrected chi connectivity index (χ3v) is 2.54. The number of carbonyl (C=O) groups excluding carboxylic acids is 2. The summed E-state index contributed by atoms with van der Waals surface area (Å²) in [5.74, 6) is -0.247. The quantitative estimate of drug-likeness (QED) is 0.766. The lowest BCUT2D eigenvalue weighted by Gasteiger charge is -2.09. The van der Waals surface area contributed by atoms with E-state index < -0.39 is 12.1 Å². The second-order valence-corrected chi connectivity index (χ2v) is 3.65. The van der Waals surface area contributed by atoms with Crippen LogP contribution < -0.4 is 10.6 Å². The summed E-state index contributed by atoms with van der Waals surface area (Å²) in [5.41, 5.74) is 2.21. The van der Waals surface area contributed by atoms with E-state index >= 15 is 0 Å². The van der Waals surface area contributed by atoms with Crippen LogP contribution in [0.3, 0.4) is 0 Å². The van der Waals surface area contributed by atoms with Crippen LogP contribution in [0.15, 0.2) is 24.3 Å². The molecule has 1 fully saturated rings. The van der Waals surface area contributed by atoms with Crippen LogP contribution >= 0.6 is 0 Å². The molecule has 1 aromatic carbocycles. The predicted molar refractivity (Wildman–Crippen MR) is 66.7 cm³/mol. The standard InChI is InChI=1S/C11H12N2O2.C2H6/c1-7-4-2-3-5-8(7)6-9-10(14)13-11(15)12-9;1-2/h2-5,9H,6H2,1H3,(H2,12,13,14,15);1-2H3. The molecule has 0 saturated carbocycles. The van der Waals surface area contributed by atoms with Crippen molar-refractivity contribution in [2.24, 2.45) is 0 Å². The van der Waals surface area contributed by atoms with E-state index in [1.54, 1.807) is 0 Å². The summed E-state index contributed by atoms with van der Waals surface area (Å²) in [6.07, 6.45) is 0.546. The maximum atomic E-state index is 11.3. The minimum absolute atomic E-state index is 0.247. The molecule has 0 aliphatic carbocycles. The van der Waals surface area contributed by atoms with Crippen LogP contribution in [0.2, 0.25) is 0 Å². The van der Waals surface area contributed by atoms with Gasteiger partial charge in [0.25, 0.3) is 5.91 Å². The number of hydrogen-bond donors (Lipinski definition) is 2. The van der Waals surface area contributed by atoms with Crippen molar-refractivity contribution in [2.45, 2.75) is 33.2 Å². The van der Waals surface area contributed by atoms with E-state index in [0.29, 0.717) is 6.42 Å². The fraction of sp³-hybridized carbons (Fsp3) is 0.385. The van der Waals surface area contributed by atoms with Crippen molar-refractivity contribution in [1.29, 1.82) is 0 Å². The Balaban J connectivity index is 0.000000686. The van der Waals surface area contributed by atoms with Crippen LogP contribution in [0.4, 0.5) is 4.79 Å². The Morgan fingerprint density at radius 2 is 1.82 bits per heavy atom. The van der Waals surface area contributed by atoms with Gasteiger partial charge >= 0.3 is 6.03 Å². The zero-order valence-electron chi connectivity index (χ0n) is 10.4. The molecule has 92 valence electrons. The number of rotatable bonds is 2. The molecule has 0 aromatic heterocycles. The van der Waals surface area contributed by atoms with Crippen molar-refractivity contribution in [3.8, 4) is 0 Å². The Bertz CT molecular complexity index is 416. The average Bonchev–Trinajstić information content (AvgIpc) is 2.63. The first-order chi connectivity index (χ1) is 8.16. The molecule has 0 radical (unpaired) electrons. The molecule has 2 rings (SSSR count). The van der Waals surface area contributed by atoms with E-state index in [4.69, 9.17) is 0 Å². The molecule has 1 aliphatic rings. The van der Waals surface area contributed by atoms with Crippen LogP contribution in [-0.2, 0) is 11.2 Å². The Labute approximate surface area is 101 Å². The first kappa shape index (κ1) is 13.2. The van der Waals surface area contributed by atoms with Gasteiger partial charge in [-0.1, -0.05) is 38.1 Å². The van der Waals surface area contributed by atoms with E-state index in [-0.39, 0.29) is 5.91 Å².